The second-order valence-corrected chi connectivity index (χ2v) is 3.48. The summed E-state index contributed by atoms with van der Waals surface area (Å²) < 4.78 is 5.33. The molecular weight excluding hydrogens is 214 g/mol. The number of methoxy groups -OCH3 is 1. The van der Waals surface area contributed by atoms with Gasteiger partial charge in [-0.15, -0.1) is 0 Å². The van der Waals surface area contributed by atoms with Crippen molar-refractivity contribution >= 4 is 11.4 Å². The van der Waals surface area contributed by atoms with Crippen molar-refractivity contribution in [3.8, 4) is 5.75 Å². The molecule has 0 bridgehead atoms. The molecule has 3 nitrogen and oxygen atoms in total. The Balaban J connectivity index is 2.42. The summed E-state index contributed by atoms with van der Waals surface area (Å²) in [4.78, 5) is 5.42. The number of nitrogens with zero attached hydrogens (tertiary/aromatic N) is 1. The molecule has 2 aromatic carbocycles. The molecule has 0 N–H and O–H groups in total. The average molecular weight is 229 g/mol. The highest BCUT2D eigenvalue weighted by Gasteiger charge is 2.12. The van der Waals surface area contributed by atoms with Crippen molar-refractivity contribution in [3.63, 3.8) is 0 Å². The van der Waals surface area contributed by atoms with Crippen LogP contribution in [0.4, 0.5) is 11.4 Å². The highest BCUT2D eigenvalue weighted by molar-refractivity contribution is 5.66. The van der Waals surface area contributed by atoms with E-state index < -0.39 is 0 Å². The lowest BCUT2D eigenvalue weighted by atomic mass is 10.2. The molecule has 0 heterocycles. The van der Waals surface area contributed by atoms with Gasteiger partial charge >= 0.3 is 0 Å². The standard InChI is InChI=1S/C14H15NO2/c1-16-14-11-7-6-10-13(14)15(17-2)12-8-4-3-5-9-12/h3-11H,1-2H3. The Bertz CT molecular complexity index is 471. The molecule has 3 heteroatoms. The minimum absolute atomic E-state index is 0.776. The highest BCUT2D eigenvalue weighted by Crippen LogP contribution is 2.33. The summed E-state index contributed by atoms with van der Waals surface area (Å²) in [6.07, 6.45) is 0. The zero-order chi connectivity index (χ0) is 12.1. The van der Waals surface area contributed by atoms with Crippen molar-refractivity contribution in [2.45, 2.75) is 0 Å². The van der Waals surface area contributed by atoms with Crippen molar-refractivity contribution < 1.29 is 9.57 Å². The fraction of sp³-hybridized carbons (Fsp3) is 0.143. The molecule has 0 radical (unpaired) electrons. The topological polar surface area (TPSA) is 21.7 Å². The van der Waals surface area contributed by atoms with Crippen LogP contribution in [0.2, 0.25) is 0 Å². The molecule has 0 fully saturated rings. The Morgan fingerprint density at radius 2 is 1.47 bits per heavy atom. The van der Waals surface area contributed by atoms with Gasteiger partial charge in [-0.2, -0.15) is 0 Å². The zero-order valence-corrected chi connectivity index (χ0v) is 9.96. The molecule has 0 saturated carbocycles. The number of para-hydroxylation sites is 3. The molecule has 88 valence electrons. The fourth-order valence-corrected chi connectivity index (χ4v) is 1.70. The zero-order valence-electron chi connectivity index (χ0n) is 9.96. The number of hydrogen-bond donors (Lipinski definition) is 0. The molecule has 0 spiro atoms. The van der Waals surface area contributed by atoms with E-state index in [9.17, 15) is 0 Å². The minimum atomic E-state index is 0.776. The van der Waals surface area contributed by atoms with E-state index in [0.717, 1.165) is 17.1 Å². The highest BCUT2D eigenvalue weighted by atomic mass is 16.7. The van der Waals surface area contributed by atoms with Crippen molar-refractivity contribution in [2.24, 2.45) is 0 Å². The van der Waals surface area contributed by atoms with Gasteiger partial charge in [0.1, 0.15) is 11.4 Å². The first kappa shape index (κ1) is 11.5. The molecule has 17 heavy (non-hydrogen) atoms. The van der Waals surface area contributed by atoms with Gasteiger partial charge in [-0.3, -0.25) is 4.84 Å². The first-order chi connectivity index (χ1) is 8.36. The van der Waals surface area contributed by atoms with Crippen LogP contribution in [0.15, 0.2) is 54.6 Å². The first-order valence-electron chi connectivity index (χ1n) is 5.39. The lowest BCUT2D eigenvalue weighted by Gasteiger charge is -2.23. The van der Waals surface area contributed by atoms with Crippen molar-refractivity contribution in [1.29, 1.82) is 0 Å². The lowest BCUT2D eigenvalue weighted by molar-refractivity contribution is 0.199. The van der Waals surface area contributed by atoms with E-state index in [-0.39, 0.29) is 0 Å². The van der Waals surface area contributed by atoms with E-state index in [4.69, 9.17) is 9.57 Å². The van der Waals surface area contributed by atoms with E-state index in [1.165, 1.54) is 0 Å². The van der Waals surface area contributed by atoms with Gasteiger partial charge in [0.05, 0.1) is 19.9 Å². The van der Waals surface area contributed by atoms with Crippen LogP contribution >= 0.6 is 0 Å². The van der Waals surface area contributed by atoms with Gasteiger partial charge < -0.3 is 4.74 Å². The van der Waals surface area contributed by atoms with Gasteiger partial charge in [0.25, 0.3) is 0 Å². The molecule has 2 rings (SSSR count). The molecule has 0 aliphatic heterocycles. The molecule has 0 aliphatic rings. The summed E-state index contributed by atoms with van der Waals surface area (Å²) in [6, 6.07) is 17.6. The lowest BCUT2D eigenvalue weighted by Crippen LogP contribution is -2.15. The average Bonchev–Trinajstić information content (AvgIpc) is 2.41. The summed E-state index contributed by atoms with van der Waals surface area (Å²) in [5.74, 6) is 0.776. The number of benzene rings is 2. The third-order valence-corrected chi connectivity index (χ3v) is 2.48. The van der Waals surface area contributed by atoms with Gasteiger partial charge in [0, 0.05) is 0 Å². The quantitative estimate of drug-likeness (QED) is 0.750. The summed E-state index contributed by atoms with van der Waals surface area (Å²) in [7, 11) is 3.29. The van der Waals surface area contributed by atoms with Gasteiger partial charge in [-0.1, -0.05) is 30.3 Å². The largest absolute Gasteiger partial charge is 0.494 e. The molecule has 0 aromatic heterocycles. The molecule has 0 amide bonds. The van der Waals surface area contributed by atoms with Crippen LogP contribution in [0.3, 0.4) is 0 Å². The van der Waals surface area contributed by atoms with Gasteiger partial charge in [-0.25, -0.2) is 5.06 Å². The molecule has 0 atom stereocenters. The summed E-state index contributed by atoms with van der Waals surface area (Å²) in [5, 5.41) is 1.73. The number of ether oxygens (including phenoxy) is 1. The van der Waals surface area contributed by atoms with Gasteiger partial charge in [0.15, 0.2) is 0 Å². The maximum Gasteiger partial charge on any atom is 0.144 e. The third-order valence-electron chi connectivity index (χ3n) is 2.48. The molecule has 0 aliphatic carbocycles. The van der Waals surface area contributed by atoms with E-state index in [1.807, 2.05) is 54.6 Å². The van der Waals surface area contributed by atoms with Crippen LogP contribution in [0.25, 0.3) is 0 Å². The number of rotatable bonds is 4. The van der Waals surface area contributed by atoms with Gasteiger partial charge in [0.2, 0.25) is 0 Å². The Labute approximate surface area is 101 Å². The normalized spacial score (nSPS) is 10.0. The first-order valence-corrected chi connectivity index (χ1v) is 5.39. The maximum atomic E-state index is 5.42. The summed E-state index contributed by atoms with van der Waals surface area (Å²) in [5.41, 5.74) is 1.84. The molecule has 2 aromatic rings. The second-order valence-electron chi connectivity index (χ2n) is 3.48. The predicted octanol–water partition coefficient (Wildman–Crippen LogP) is 3.39. The minimum Gasteiger partial charge on any atom is -0.494 e. The monoisotopic (exact) mass is 229 g/mol. The summed E-state index contributed by atoms with van der Waals surface area (Å²) in [6.45, 7) is 0. The molecule has 0 unspecified atom stereocenters. The predicted molar refractivity (Wildman–Crippen MR) is 68.6 cm³/mol. The van der Waals surface area contributed by atoms with Crippen molar-refractivity contribution in [3.05, 3.63) is 54.6 Å². The fourth-order valence-electron chi connectivity index (χ4n) is 1.70. The smallest absolute Gasteiger partial charge is 0.144 e. The van der Waals surface area contributed by atoms with Crippen LogP contribution in [0.5, 0.6) is 5.75 Å². The SMILES string of the molecule is COc1ccccc1N(OC)c1ccccc1. The molecular formula is C14H15NO2. The number of hydrogen-bond acceptors (Lipinski definition) is 3. The van der Waals surface area contributed by atoms with Crippen molar-refractivity contribution in [1.82, 2.24) is 0 Å². The van der Waals surface area contributed by atoms with Crippen LogP contribution < -0.4 is 9.80 Å². The van der Waals surface area contributed by atoms with E-state index in [1.54, 1.807) is 19.3 Å². The second kappa shape index (κ2) is 5.37. The molecule has 0 saturated heterocycles. The third kappa shape index (κ3) is 2.40. The van der Waals surface area contributed by atoms with Crippen LogP contribution in [-0.4, -0.2) is 14.2 Å². The Hall–Kier alpha value is -2.00. The maximum absolute atomic E-state index is 5.42. The van der Waals surface area contributed by atoms with E-state index in [2.05, 4.69) is 0 Å². The Morgan fingerprint density at radius 3 is 2.12 bits per heavy atom. The van der Waals surface area contributed by atoms with E-state index >= 15 is 0 Å². The van der Waals surface area contributed by atoms with Crippen LogP contribution in [0.1, 0.15) is 0 Å². The van der Waals surface area contributed by atoms with Gasteiger partial charge in [-0.05, 0) is 24.3 Å². The Kier molecular flexibility index (Phi) is 3.62. The van der Waals surface area contributed by atoms with Crippen molar-refractivity contribution in [2.75, 3.05) is 19.3 Å². The Morgan fingerprint density at radius 1 is 0.824 bits per heavy atom. The van der Waals surface area contributed by atoms with Crippen LogP contribution in [-0.2, 0) is 4.84 Å². The van der Waals surface area contributed by atoms with Crippen LogP contribution in [0, 0.1) is 0 Å². The van der Waals surface area contributed by atoms with E-state index in [0.29, 0.717) is 0 Å². The summed E-state index contributed by atoms with van der Waals surface area (Å²) >= 11 is 0. The number of anilines is 2.